The number of unbranched alkanes of at least 4 members (excludes halogenated alkanes) is 7. The summed E-state index contributed by atoms with van der Waals surface area (Å²) in [5, 5.41) is 0. The molecule has 22 heavy (non-hydrogen) atoms. The Morgan fingerprint density at radius 2 is 1.55 bits per heavy atom. The van der Waals surface area contributed by atoms with E-state index in [0.717, 1.165) is 12.8 Å². The second-order valence-electron chi connectivity index (χ2n) is 5.67. The van der Waals surface area contributed by atoms with Crippen LogP contribution >= 0.6 is 0 Å². The monoisotopic (exact) mass is 302 g/mol. The van der Waals surface area contributed by atoms with E-state index in [0.29, 0.717) is 12.2 Å². The van der Waals surface area contributed by atoms with Gasteiger partial charge in [-0.2, -0.15) is 0 Å². The maximum Gasteiger partial charge on any atom is 0.338 e. The van der Waals surface area contributed by atoms with Crippen LogP contribution in [0.25, 0.3) is 0 Å². The number of hydrogen-bond donors (Lipinski definition) is 0. The van der Waals surface area contributed by atoms with Gasteiger partial charge < -0.3 is 4.74 Å². The molecule has 0 aromatic heterocycles. The summed E-state index contributed by atoms with van der Waals surface area (Å²) in [5.41, 5.74) is 0.638. The first-order valence-corrected chi connectivity index (χ1v) is 8.71. The average molecular weight is 302 g/mol. The van der Waals surface area contributed by atoms with E-state index in [-0.39, 0.29) is 5.97 Å². The van der Waals surface area contributed by atoms with Crippen molar-refractivity contribution in [1.82, 2.24) is 0 Å². The third-order valence-corrected chi connectivity index (χ3v) is 3.63. The highest BCUT2D eigenvalue weighted by atomic mass is 16.5. The van der Waals surface area contributed by atoms with Gasteiger partial charge in [0.2, 0.25) is 0 Å². The van der Waals surface area contributed by atoms with Crippen LogP contribution in [0.4, 0.5) is 0 Å². The van der Waals surface area contributed by atoms with Gasteiger partial charge in [-0.1, -0.05) is 69.4 Å². The number of ether oxygens (including phenoxy) is 1. The highest BCUT2D eigenvalue weighted by Gasteiger charge is 2.04. The molecule has 0 atom stereocenters. The van der Waals surface area contributed by atoms with Crippen LogP contribution in [0.5, 0.6) is 0 Å². The zero-order chi connectivity index (χ0) is 15.9. The first-order valence-electron chi connectivity index (χ1n) is 8.71. The molecule has 0 radical (unpaired) electrons. The third kappa shape index (κ3) is 9.38. The van der Waals surface area contributed by atoms with Crippen molar-refractivity contribution in [2.45, 2.75) is 64.7 Å². The first kappa shape index (κ1) is 18.5. The lowest BCUT2D eigenvalue weighted by atomic mass is 10.1. The van der Waals surface area contributed by atoms with Gasteiger partial charge in [-0.05, 0) is 37.8 Å². The van der Waals surface area contributed by atoms with Gasteiger partial charge in [0.25, 0.3) is 0 Å². The Morgan fingerprint density at radius 1 is 0.909 bits per heavy atom. The predicted molar refractivity (Wildman–Crippen MR) is 93.1 cm³/mol. The number of carbonyl (C=O) groups is 1. The van der Waals surface area contributed by atoms with Crippen LogP contribution < -0.4 is 0 Å². The predicted octanol–water partition coefficient (Wildman–Crippen LogP) is 5.93. The summed E-state index contributed by atoms with van der Waals surface area (Å²) in [5.74, 6) is -0.209. The second-order valence-corrected chi connectivity index (χ2v) is 5.67. The maximum absolute atomic E-state index is 11.7. The molecule has 1 aromatic rings. The van der Waals surface area contributed by atoms with Gasteiger partial charge >= 0.3 is 5.97 Å². The number of carbonyl (C=O) groups excluding carboxylic acids is 1. The minimum absolute atomic E-state index is 0.209. The SMILES string of the molecule is CCC/C=C/CCCCCCCCOC(=O)c1ccccc1. The van der Waals surface area contributed by atoms with Gasteiger partial charge in [-0.3, -0.25) is 0 Å². The molecule has 0 heterocycles. The molecule has 0 aliphatic carbocycles. The van der Waals surface area contributed by atoms with E-state index in [9.17, 15) is 4.79 Å². The van der Waals surface area contributed by atoms with Crippen molar-refractivity contribution in [3.8, 4) is 0 Å². The molecule has 1 rings (SSSR count). The summed E-state index contributed by atoms with van der Waals surface area (Å²) in [6, 6.07) is 9.19. The zero-order valence-corrected chi connectivity index (χ0v) is 13.9. The van der Waals surface area contributed by atoms with Crippen molar-refractivity contribution in [2.75, 3.05) is 6.61 Å². The lowest BCUT2D eigenvalue weighted by molar-refractivity contribution is 0.0497. The Kier molecular flexibility index (Phi) is 11.0. The van der Waals surface area contributed by atoms with Crippen LogP contribution in [0.1, 0.15) is 75.1 Å². The fourth-order valence-electron chi connectivity index (χ4n) is 2.30. The summed E-state index contributed by atoms with van der Waals surface area (Å²) in [6.45, 7) is 2.74. The molecule has 2 nitrogen and oxygen atoms in total. The highest BCUT2D eigenvalue weighted by Crippen LogP contribution is 2.09. The fourth-order valence-corrected chi connectivity index (χ4v) is 2.30. The van der Waals surface area contributed by atoms with Crippen LogP contribution in [0.15, 0.2) is 42.5 Å². The zero-order valence-electron chi connectivity index (χ0n) is 13.9. The minimum Gasteiger partial charge on any atom is -0.462 e. The van der Waals surface area contributed by atoms with E-state index < -0.39 is 0 Å². The van der Waals surface area contributed by atoms with E-state index in [1.807, 2.05) is 18.2 Å². The standard InChI is InChI=1S/C20H30O2/c1-2-3-4-5-6-7-8-9-10-11-15-18-22-20(21)19-16-13-12-14-17-19/h4-5,12-14,16-17H,2-3,6-11,15,18H2,1H3/b5-4+. The molecular weight excluding hydrogens is 272 g/mol. The van der Waals surface area contributed by atoms with Gasteiger partial charge in [0.1, 0.15) is 0 Å². The van der Waals surface area contributed by atoms with Crippen LogP contribution in [0.3, 0.4) is 0 Å². The van der Waals surface area contributed by atoms with Gasteiger partial charge in [0, 0.05) is 0 Å². The smallest absolute Gasteiger partial charge is 0.338 e. The summed E-state index contributed by atoms with van der Waals surface area (Å²) < 4.78 is 5.26. The number of rotatable bonds is 12. The molecule has 0 saturated carbocycles. The molecule has 0 aliphatic heterocycles. The maximum atomic E-state index is 11.7. The number of allylic oxidation sites excluding steroid dienone is 2. The summed E-state index contributed by atoms with van der Waals surface area (Å²) in [6.07, 6.45) is 15.5. The third-order valence-electron chi connectivity index (χ3n) is 3.63. The minimum atomic E-state index is -0.209. The molecule has 1 aromatic carbocycles. The molecule has 0 N–H and O–H groups in total. The van der Waals surface area contributed by atoms with E-state index >= 15 is 0 Å². The number of benzene rings is 1. The Labute approximate surface area is 135 Å². The van der Waals surface area contributed by atoms with Gasteiger partial charge in [0.05, 0.1) is 12.2 Å². The lowest BCUT2D eigenvalue weighted by Crippen LogP contribution is -2.06. The Hall–Kier alpha value is -1.57. The summed E-state index contributed by atoms with van der Waals surface area (Å²) in [4.78, 5) is 11.7. The van der Waals surface area contributed by atoms with Gasteiger partial charge in [-0.15, -0.1) is 0 Å². The van der Waals surface area contributed by atoms with Crippen molar-refractivity contribution in [2.24, 2.45) is 0 Å². The van der Waals surface area contributed by atoms with E-state index in [1.165, 1.54) is 44.9 Å². The normalized spacial score (nSPS) is 11.0. The van der Waals surface area contributed by atoms with Crippen LogP contribution in [0, 0.1) is 0 Å². The highest BCUT2D eigenvalue weighted by molar-refractivity contribution is 5.89. The summed E-state index contributed by atoms with van der Waals surface area (Å²) in [7, 11) is 0. The Balaban J connectivity index is 1.89. The number of hydrogen-bond acceptors (Lipinski definition) is 2. The van der Waals surface area contributed by atoms with E-state index in [1.54, 1.807) is 12.1 Å². The Morgan fingerprint density at radius 3 is 2.27 bits per heavy atom. The van der Waals surface area contributed by atoms with Crippen LogP contribution in [0.2, 0.25) is 0 Å². The van der Waals surface area contributed by atoms with Crippen LogP contribution in [-0.2, 0) is 4.74 Å². The van der Waals surface area contributed by atoms with Crippen molar-refractivity contribution in [1.29, 1.82) is 0 Å². The first-order chi connectivity index (χ1) is 10.8. The quantitative estimate of drug-likeness (QED) is 0.272. The Bertz CT molecular complexity index is 409. The average Bonchev–Trinajstić information content (AvgIpc) is 2.56. The largest absolute Gasteiger partial charge is 0.462 e. The molecule has 0 bridgehead atoms. The molecule has 0 fully saturated rings. The molecule has 0 amide bonds. The van der Waals surface area contributed by atoms with E-state index in [4.69, 9.17) is 4.74 Å². The van der Waals surface area contributed by atoms with Crippen molar-refractivity contribution in [3.05, 3.63) is 48.0 Å². The summed E-state index contributed by atoms with van der Waals surface area (Å²) >= 11 is 0. The molecule has 0 aliphatic rings. The second kappa shape index (κ2) is 13.1. The van der Waals surface area contributed by atoms with Gasteiger partial charge in [-0.25, -0.2) is 4.79 Å². The van der Waals surface area contributed by atoms with Crippen molar-refractivity contribution >= 4 is 5.97 Å². The topological polar surface area (TPSA) is 26.3 Å². The molecule has 0 unspecified atom stereocenters. The fraction of sp³-hybridized carbons (Fsp3) is 0.550. The molecule has 0 spiro atoms. The molecule has 0 saturated heterocycles. The molecule has 2 heteroatoms. The molecule has 122 valence electrons. The van der Waals surface area contributed by atoms with E-state index in [2.05, 4.69) is 19.1 Å². The van der Waals surface area contributed by atoms with Crippen molar-refractivity contribution in [3.63, 3.8) is 0 Å². The van der Waals surface area contributed by atoms with Crippen LogP contribution in [-0.4, -0.2) is 12.6 Å². The van der Waals surface area contributed by atoms with Gasteiger partial charge in [0.15, 0.2) is 0 Å². The number of esters is 1. The lowest BCUT2D eigenvalue weighted by Gasteiger charge is -2.04. The molecular formula is C20H30O2. The van der Waals surface area contributed by atoms with Crippen molar-refractivity contribution < 1.29 is 9.53 Å².